The van der Waals surface area contributed by atoms with E-state index in [4.69, 9.17) is 4.65 Å². The van der Waals surface area contributed by atoms with Crippen LogP contribution in [0.5, 0.6) is 5.75 Å². The normalized spacial score (nSPS) is 27.1. The maximum Gasteiger partial charge on any atom is 0.455 e. The van der Waals surface area contributed by atoms with Gasteiger partial charge in [0.05, 0.1) is 17.9 Å². The van der Waals surface area contributed by atoms with Crippen LogP contribution in [0.15, 0.2) is 69.7 Å². The standard InChI is InChI=1S/C34H40BBrN2O5/c1-21(16-24-18-25(36)9-10-29(24)39)8-11-30-31-22(2)17-27-32(28(31)19-35(42)43-30)34(41)38(33(27)40)26-12-14-37(15-13-26)20-23-6-4-3-5-7-23/h3-7,9-10,16,18,26-28,30,32,39,42H,8,11-15,17,19-20H2,1-2H3/b21-16+/t27-,28+,30-,32-/m1/s1. The summed E-state index contributed by atoms with van der Waals surface area (Å²) in [4.78, 5) is 31.8. The number of rotatable bonds is 7. The van der Waals surface area contributed by atoms with E-state index in [9.17, 15) is 19.7 Å². The van der Waals surface area contributed by atoms with Crippen LogP contribution in [0.4, 0.5) is 0 Å². The topological polar surface area (TPSA) is 90.3 Å². The number of aromatic hydroxyl groups is 1. The summed E-state index contributed by atoms with van der Waals surface area (Å²) < 4.78 is 6.98. The highest BCUT2D eigenvalue weighted by Crippen LogP contribution is 2.51. The minimum atomic E-state index is -0.970. The molecule has 0 bridgehead atoms. The minimum absolute atomic E-state index is 0.0277. The van der Waals surface area contributed by atoms with Gasteiger partial charge in [0.15, 0.2) is 0 Å². The number of nitrogens with zero attached hydrogens (tertiary/aromatic N) is 2. The Kier molecular flexibility index (Phi) is 8.97. The monoisotopic (exact) mass is 646 g/mol. The quantitative estimate of drug-likeness (QED) is 0.224. The summed E-state index contributed by atoms with van der Waals surface area (Å²) in [5, 5.41) is 21.0. The molecule has 3 fully saturated rings. The molecule has 0 unspecified atom stereocenters. The lowest BCUT2D eigenvalue weighted by molar-refractivity contribution is -0.144. The molecule has 0 radical (unpaired) electrons. The number of halogens is 1. The van der Waals surface area contributed by atoms with Gasteiger partial charge in [0.25, 0.3) is 0 Å². The largest absolute Gasteiger partial charge is 0.507 e. The van der Waals surface area contributed by atoms with E-state index in [1.54, 1.807) is 17.0 Å². The highest BCUT2D eigenvalue weighted by molar-refractivity contribution is 9.10. The smallest absolute Gasteiger partial charge is 0.455 e. The summed E-state index contributed by atoms with van der Waals surface area (Å²) in [6.45, 7) is 6.69. The molecule has 0 saturated carbocycles. The molecule has 2 N–H and O–H groups in total. The third-order valence-electron chi connectivity index (χ3n) is 9.85. The fraction of sp³-hybridized carbons (Fsp3) is 0.471. The molecule has 2 aromatic carbocycles. The Labute approximate surface area is 262 Å². The predicted octanol–water partition coefficient (Wildman–Crippen LogP) is 5.82. The summed E-state index contributed by atoms with van der Waals surface area (Å²) in [5.74, 6) is -0.827. The van der Waals surface area contributed by atoms with Crippen LogP contribution < -0.4 is 0 Å². The van der Waals surface area contributed by atoms with Gasteiger partial charge in [0.1, 0.15) is 5.75 Å². The third-order valence-corrected chi connectivity index (χ3v) is 10.3. The minimum Gasteiger partial charge on any atom is -0.507 e. The maximum atomic E-state index is 14.0. The van der Waals surface area contributed by atoms with Crippen LogP contribution in [0.2, 0.25) is 6.32 Å². The number of fused-ring (bicyclic) bond motifs is 3. The van der Waals surface area contributed by atoms with Gasteiger partial charge in [-0.2, -0.15) is 0 Å². The Morgan fingerprint density at radius 1 is 1.09 bits per heavy atom. The number of likely N-dealkylation sites (tertiary alicyclic amines) is 2. The Balaban J connectivity index is 1.14. The van der Waals surface area contributed by atoms with Gasteiger partial charge in [-0.3, -0.25) is 19.4 Å². The van der Waals surface area contributed by atoms with Crippen molar-refractivity contribution in [3.63, 3.8) is 0 Å². The van der Waals surface area contributed by atoms with Gasteiger partial charge in [-0.25, -0.2) is 0 Å². The molecular formula is C34H40BBrN2O5. The number of piperidine rings is 1. The average Bonchev–Trinajstić information content (AvgIpc) is 3.23. The number of allylic oxidation sites excluding steroid dienone is 2. The fourth-order valence-corrected chi connectivity index (χ4v) is 8.20. The van der Waals surface area contributed by atoms with Gasteiger partial charge in [-0.1, -0.05) is 63.5 Å². The highest BCUT2D eigenvalue weighted by Gasteiger charge is 2.58. The zero-order chi connectivity index (χ0) is 30.2. The number of imide groups is 1. The van der Waals surface area contributed by atoms with Gasteiger partial charge in [0.2, 0.25) is 11.8 Å². The zero-order valence-corrected chi connectivity index (χ0v) is 26.5. The number of hydrogen-bond acceptors (Lipinski definition) is 6. The van der Waals surface area contributed by atoms with Crippen LogP contribution in [0.25, 0.3) is 6.08 Å². The van der Waals surface area contributed by atoms with E-state index in [0.717, 1.165) is 59.2 Å². The molecule has 3 aliphatic heterocycles. The first-order valence-electron chi connectivity index (χ1n) is 15.5. The third kappa shape index (κ3) is 6.28. The molecule has 2 aromatic rings. The number of amides is 2. The van der Waals surface area contributed by atoms with E-state index in [1.807, 2.05) is 25.1 Å². The summed E-state index contributed by atoms with van der Waals surface area (Å²) in [6.07, 6.45) is 5.52. The van der Waals surface area contributed by atoms with Crippen molar-refractivity contribution in [2.45, 2.75) is 71.0 Å². The molecule has 2 amide bonds. The molecular weight excluding hydrogens is 607 g/mol. The summed E-state index contributed by atoms with van der Waals surface area (Å²) in [7, 11) is -0.970. The molecule has 7 nitrogen and oxygen atoms in total. The maximum absolute atomic E-state index is 14.0. The first-order chi connectivity index (χ1) is 20.7. The lowest BCUT2D eigenvalue weighted by Gasteiger charge is -2.42. The van der Waals surface area contributed by atoms with E-state index < -0.39 is 13.0 Å². The van der Waals surface area contributed by atoms with Crippen molar-refractivity contribution in [3.8, 4) is 5.75 Å². The second-order valence-electron chi connectivity index (χ2n) is 12.8. The number of benzene rings is 2. The van der Waals surface area contributed by atoms with Gasteiger partial charge in [-0.15, -0.1) is 0 Å². The van der Waals surface area contributed by atoms with Crippen molar-refractivity contribution in [1.29, 1.82) is 0 Å². The van der Waals surface area contributed by atoms with Gasteiger partial charge < -0.3 is 14.8 Å². The molecule has 3 heterocycles. The van der Waals surface area contributed by atoms with Crippen LogP contribution in [-0.2, 0) is 20.8 Å². The van der Waals surface area contributed by atoms with Crippen LogP contribution in [0.1, 0.15) is 57.1 Å². The Morgan fingerprint density at radius 3 is 2.58 bits per heavy atom. The summed E-state index contributed by atoms with van der Waals surface area (Å²) in [6, 6.07) is 15.7. The lowest BCUT2D eigenvalue weighted by Crippen LogP contribution is -2.48. The van der Waals surface area contributed by atoms with Crippen LogP contribution in [-0.4, -0.2) is 64.1 Å². The van der Waals surface area contributed by atoms with Crippen molar-refractivity contribution in [2.75, 3.05) is 13.1 Å². The summed E-state index contributed by atoms with van der Waals surface area (Å²) in [5.41, 5.74) is 5.32. The molecule has 6 rings (SSSR count). The number of carbonyl (C=O) groups excluding carboxylic acids is 2. The van der Waals surface area contributed by atoms with Gasteiger partial charge in [-0.05, 0) is 87.5 Å². The average molecular weight is 647 g/mol. The van der Waals surface area contributed by atoms with Gasteiger partial charge >= 0.3 is 7.12 Å². The molecule has 43 heavy (non-hydrogen) atoms. The first-order valence-corrected chi connectivity index (χ1v) is 16.3. The number of phenols is 1. The van der Waals surface area contributed by atoms with Crippen LogP contribution in [0.3, 0.4) is 0 Å². The Morgan fingerprint density at radius 2 is 1.84 bits per heavy atom. The number of carbonyl (C=O) groups is 2. The van der Waals surface area contributed by atoms with Crippen LogP contribution in [0, 0.1) is 17.8 Å². The Bertz CT molecular complexity index is 1440. The van der Waals surface area contributed by atoms with Crippen molar-refractivity contribution < 1.29 is 24.4 Å². The molecule has 0 spiro atoms. The molecule has 4 aliphatic rings. The van der Waals surface area contributed by atoms with E-state index in [1.165, 1.54) is 5.56 Å². The zero-order valence-electron chi connectivity index (χ0n) is 24.9. The van der Waals surface area contributed by atoms with Crippen molar-refractivity contribution in [2.24, 2.45) is 17.8 Å². The number of hydrogen-bond donors (Lipinski definition) is 2. The predicted molar refractivity (Wildman–Crippen MR) is 171 cm³/mol. The SMILES string of the molecule is CC1=C2[C@@H](CC/C(C)=C/c3cc(Br)ccc3O)OB(O)C[C@@H]2[C@@H]2C(=O)N(C3CCN(Cc4ccccc4)CC3)C(=O)[C@@H]2C1. The van der Waals surface area contributed by atoms with E-state index >= 15 is 0 Å². The molecule has 3 saturated heterocycles. The van der Waals surface area contributed by atoms with Crippen molar-refractivity contribution in [1.82, 2.24) is 9.80 Å². The van der Waals surface area contributed by atoms with E-state index in [0.29, 0.717) is 25.6 Å². The van der Waals surface area contributed by atoms with Crippen molar-refractivity contribution in [3.05, 3.63) is 80.8 Å². The van der Waals surface area contributed by atoms with E-state index in [-0.39, 0.29) is 41.5 Å². The molecule has 9 heteroatoms. The number of phenolic OH excluding ortho intramolecular Hbond substituents is 1. The van der Waals surface area contributed by atoms with E-state index in [2.05, 4.69) is 52.0 Å². The second kappa shape index (κ2) is 12.7. The second-order valence-corrected chi connectivity index (χ2v) is 13.7. The molecule has 226 valence electrons. The van der Waals surface area contributed by atoms with Crippen molar-refractivity contribution >= 4 is 40.9 Å². The Hall–Kier alpha value is -2.72. The lowest BCUT2D eigenvalue weighted by atomic mass is 9.59. The van der Waals surface area contributed by atoms with Gasteiger partial charge in [0, 0.05) is 35.7 Å². The highest BCUT2D eigenvalue weighted by atomic mass is 79.9. The van der Waals surface area contributed by atoms with Crippen LogP contribution >= 0.6 is 15.9 Å². The summed E-state index contributed by atoms with van der Waals surface area (Å²) >= 11 is 3.46. The molecule has 1 aliphatic carbocycles. The first kappa shape index (κ1) is 30.3. The molecule has 4 atom stereocenters. The fourth-order valence-electron chi connectivity index (χ4n) is 7.82. The molecule has 0 aromatic heterocycles.